The molecule has 1 aliphatic rings. The van der Waals surface area contributed by atoms with Crippen LogP contribution in [0.1, 0.15) is 25.1 Å². The second-order valence-corrected chi connectivity index (χ2v) is 6.52. The van der Waals surface area contributed by atoms with Gasteiger partial charge in [-0.3, -0.25) is 4.98 Å². The van der Waals surface area contributed by atoms with Gasteiger partial charge >= 0.3 is 0 Å². The Hall–Kier alpha value is -2.67. The van der Waals surface area contributed by atoms with Crippen LogP contribution in [0.3, 0.4) is 0 Å². The average Bonchev–Trinajstić information content (AvgIpc) is 2.71. The molecule has 1 unspecified atom stereocenters. The number of aliphatic imine (C=N–C) groups is 1. The molecule has 27 heavy (non-hydrogen) atoms. The quantitative estimate of drug-likeness (QED) is 0.600. The van der Waals surface area contributed by atoms with Gasteiger partial charge in [-0.25, -0.2) is 9.98 Å². The van der Waals surface area contributed by atoms with Crippen LogP contribution >= 0.6 is 0 Å². The van der Waals surface area contributed by atoms with Crippen molar-refractivity contribution in [3.8, 4) is 0 Å². The molecule has 2 N–H and O–H groups in total. The van der Waals surface area contributed by atoms with Crippen molar-refractivity contribution in [1.29, 1.82) is 0 Å². The highest BCUT2D eigenvalue weighted by molar-refractivity contribution is 5.79. The SMILES string of the molecule is CCNC(=NCc1ccc(N2CCOC(C)C2)nc1)NCc1ccccn1. The lowest BCUT2D eigenvalue weighted by molar-refractivity contribution is 0.0529. The molecule has 1 fully saturated rings. The molecule has 144 valence electrons. The van der Waals surface area contributed by atoms with Gasteiger partial charge in [-0.1, -0.05) is 12.1 Å². The number of pyridine rings is 2. The number of nitrogens with one attached hydrogen (secondary N) is 2. The highest BCUT2D eigenvalue weighted by Gasteiger charge is 2.17. The molecule has 0 aliphatic carbocycles. The van der Waals surface area contributed by atoms with Crippen molar-refractivity contribution in [3.63, 3.8) is 0 Å². The zero-order chi connectivity index (χ0) is 18.9. The zero-order valence-corrected chi connectivity index (χ0v) is 16.1. The first kappa shape index (κ1) is 19.1. The van der Waals surface area contributed by atoms with Gasteiger partial charge in [-0.05, 0) is 37.6 Å². The van der Waals surface area contributed by atoms with E-state index in [1.165, 1.54) is 0 Å². The molecule has 2 aromatic rings. The molecule has 0 bridgehead atoms. The van der Waals surface area contributed by atoms with E-state index in [9.17, 15) is 0 Å². The molecule has 2 aromatic heterocycles. The Kier molecular flexibility index (Phi) is 6.98. The molecular weight excluding hydrogens is 340 g/mol. The summed E-state index contributed by atoms with van der Waals surface area (Å²) in [5.41, 5.74) is 2.06. The van der Waals surface area contributed by atoms with Gasteiger partial charge < -0.3 is 20.3 Å². The van der Waals surface area contributed by atoms with E-state index in [1.54, 1.807) is 6.20 Å². The van der Waals surface area contributed by atoms with E-state index in [1.807, 2.05) is 24.4 Å². The van der Waals surface area contributed by atoms with Crippen LogP contribution in [-0.4, -0.2) is 48.3 Å². The Labute approximate surface area is 160 Å². The number of morpholine rings is 1. The Morgan fingerprint density at radius 1 is 1.26 bits per heavy atom. The van der Waals surface area contributed by atoms with Crippen molar-refractivity contribution < 1.29 is 4.74 Å². The largest absolute Gasteiger partial charge is 0.375 e. The first-order valence-electron chi connectivity index (χ1n) is 9.48. The summed E-state index contributed by atoms with van der Waals surface area (Å²) in [4.78, 5) is 15.8. The maximum absolute atomic E-state index is 5.59. The van der Waals surface area contributed by atoms with Crippen LogP contribution in [0.4, 0.5) is 5.82 Å². The maximum atomic E-state index is 5.59. The summed E-state index contributed by atoms with van der Waals surface area (Å²) in [6.07, 6.45) is 3.95. The predicted octanol–water partition coefficient (Wildman–Crippen LogP) is 1.96. The normalized spacial score (nSPS) is 17.6. The third-order valence-corrected chi connectivity index (χ3v) is 4.30. The summed E-state index contributed by atoms with van der Waals surface area (Å²) in [5, 5.41) is 6.57. The summed E-state index contributed by atoms with van der Waals surface area (Å²) >= 11 is 0. The number of ether oxygens (including phenoxy) is 1. The average molecular weight is 368 g/mol. The summed E-state index contributed by atoms with van der Waals surface area (Å²) in [7, 11) is 0. The standard InChI is InChI=1S/C20H28N6O/c1-3-21-20(25-14-18-6-4-5-9-22-18)24-13-17-7-8-19(23-12-17)26-10-11-27-16(2)15-26/h4-9,12,16H,3,10-11,13-15H2,1-2H3,(H2,21,24,25). The van der Waals surface area contributed by atoms with Crippen molar-refractivity contribution >= 4 is 11.8 Å². The van der Waals surface area contributed by atoms with Crippen molar-refractivity contribution in [2.45, 2.75) is 33.0 Å². The van der Waals surface area contributed by atoms with Gasteiger partial charge in [0.15, 0.2) is 5.96 Å². The number of hydrogen-bond donors (Lipinski definition) is 2. The Morgan fingerprint density at radius 3 is 2.89 bits per heavy atom. The minimum Gasteiger partial charge on any atom is -0.375 e. The molecule has 0 radical (unpaired) electrons. The second kappa shape index (κ2) is 9.87. The van der Waals surface area contributed by atoms with Gasteiger partial charge in [0.1, 0.15) is 5.82 Å². The molecule has 1 atom stereocenters. The lowest BCUT2D eigenvalue weighted by Crippen LogP contribution is -2.41. The molecular formula is C20H28N6O. The lowest BCUT2D eigenvalue weighted by Gasteiger charge is -2.32. The molecule has 3 rings (SSSR count). The molecule has 0 aromatic carbocycles. The number of hydrogen-bond acceptors (Lipinski definition) is 5. The van der Waals surface area contributed by atoms with E-state index in [0.29, 0.717) is 13.1 Å². The highest BCUT2D eigenvalue weighted by Crippen LogP contribution is 2.15. The minimum absolute atomic E-state index is 0.248. The maximum Gasteiger partial charge on any atom is 0.191 e. The van der Waals surface area contributed by atoms with Crippen LogP contribution in [0.5, 0.6) is 0 Å². The summed E-state index contributed by atoms with van der Waals surface area (Å²) in [5.74, 6) is 1.77. The Bertz CT molecular complexity index is 719. The molecule has 0 spiro atoms. The van der Waals surface area contributed by atoms with Crippen LogP contribution < -0.4 is 15.5 Å². The first-order valence-corrected chi connectivity index (χ1v) is 9.48. The second-order valence-electron chi connectivity index (χ2n) is 6.52. The van der Waals surface area contributed by atoms with Crippen LogP contribution in [-0.2, 0) is 17.8 Å². The van der Waals surface area contributed by atoms with Crippen LogP contribution in [0.2, 0.25) is 0 Å². The zero-order valence-electron chi connectivity index (χ0n) is 16.1. The topological polar surface area (TPSA) is 74.7 Å². The Morgan fingerprint density at radius 2 is 2.19 bits per heavy atom. The van der Waals surface area contributed by atoms with Gasteiger partial charge in [0, 0.05) is 32.0 Å². The van der Waals surface area contributed by atoms with Crippen molar-refractivity contribution in [1.82, 2.24) is 20.6 Å². The van der Waals surface area contributed by atoms with Crippen molar-refractivity contribution in [3.05, 3.63) is 54.0 Å². The third kappa shape index (κ3) is 5.92. The van der Waals surface area contributed by atoms with E-state index >= 15 is 0 Å². The molecule has 7 heteroatoms. The van der Waals surface area contributed by atoms with Gasteiger partial charge in [-0.2, -0.15) is 0 Å². The predicted molar refractivity (Wildman–Crippen MR) is 108 cm³/mol. The number of nitrogens with zero attached hydrogens (tertiary/aromatic N) is 4. The number of guanidine groups is 1. The molecule has 0 amide bonds. The Balaban J connectivity index is 1.56. The summed E-state index contributed by atoms with van der Waals surface area (Å²) in [6, 6.07) is 10.0. The van der Waals surface area contributed by atoms with Gasteiger partial charge in [-0.15, -0.1) is 0 Å². The summed E-state index contributed by atoms with van der Waals surface area (Å²) in [6.45, 7) is 8.68. The fourth-order valence-corrected chi connectivity index (χ4v) is 2.91. The first-order chi connectivity index (χ1) is 13.2. The molecule has 1 aliphatic heterocycles. The monoisotopic (exact) mass is 368 g/mol. The van der Waals surface area contributed by atoms with Crippen molar-refractivity contribution in [2.75, 3.05) is 31.1 Å². The van der Waals surface area contributed by atoms with Gasteiger partial charge in [0.25, 0.3) is 0 Å². The lowest BCUT2D eigenvalue weighted by atomic mass is 10.2. The van der Waals surface area contributed by atoms with Crippen LogP contribution in [0.15, 0.2) is 47.7 Å². The summed E-state index contributed by atoms with van der Waals surface area (Å²) < 4.78 is 5.59. The molecule has 0 saturated carbocycles. The van der Waals surface area contributed by atoms with Gasteiger partial charge in [0.05, 0.1) is 31.5 Å². The number of rotatable bonds is 6. The van der Waals surface area contributed by atoms with E-state index in [-0.39, 0.29) is 6.10 Å². The van der Waals surface area contributed by atoms with Crippen molar-refractivity contribution in [2.24, 2.45) is 4.99 Å². The third-order valence-electron chi connectivity index (χ3n) is 4.30. The van der Waals surface area contributed by atoms with Crippen LogP contribution in [0, 0.1) is 0 Å². The van der Waals surface area contributed by atoms with E-state index < -0.39 is 0 Å². The minimum atomic E-state index is 0.248. The van der Waals surface area contributed by atoms with E-state index in [0.717, 1.165) is 49.3 Å². The van der Waals surface area contributed by atoms with Crippen LogP contribution in [0.25, 0.3) is 0 Å². The number of anilines is 1. The fourth-order valence-electron chi connectivity index (χ4n) is 2.91. The fraction of sp³-hybridized carbons (Fsp3) is 0.450. The van der Waals surface area contributed by atoms with E-state index in [2.05, 4.69) is 56.5 Å². The molecule has 1 saturated heterocycles. The van der Waals surface area contributed by atoms with E-state index in [4.69, 9.17) is 4.74 Å². The molecule has 3 heterocycles. The number of aromatic nitrogens is 2. The highest BCUT2D eigenvalue weighted by atomic mass is 16.5. The van der Waals surface area contributed by atoms with Gasteiger partial charge in [0.2, 0.25) is 0 Å². The smallest absolute Gasteiger partial charge is 0.191 e. The molecule has 7 nitrogen and oxygen atoms in total.